The quantitative estimate of drug-likeness (QED) is 0.244. The van der Waals surface area contributed by atoms with Crippen molar-refractivity contribution < 1.29 is 28.5 Å². The third kappa shape index (κ3) is 5.69. The predicted molar refractivity (Wildman–Crippen MR) is 131 cm³/mol. The third-order valence-corrected chi connectivity index (χ3v) is 6.41. The Morgan fingerprint density at radius 2 is 1.94 bits per heavy atom. The molecule has 0 amide bonds. The molecule has 13 heteroatoms. The minimum absolute atomic E-state index is 0.109. The van der Waals surface area contributed by atoms with Crippen molar-refractivity contribution in [3.8, 4) is 0 Å². The number of thioether (sulfide) groups is 1. The Kier molecular flexibility index (Phi) is 7.91. The molecule has 1 aromatic carbocycles. The maximum atomic E-state index is 12.7. The number of aromatic amines is 1. The lowest BCUT2D eigenvalue weighted by Gasteiger charge is -2.22. The number of ether oxygens (including phenoxy) is 4. The van der Waals surface area contributed by atoms with E-state index >= 15 is 0 Å². The van der Waals surface area contributed by atoms with Crippen molar-refractivity contribution in [3.63, 3.8) is 0 Å². The van der Waals surface area contributed by atoms with Crippen LogP contribution in [-0.2, 0) is 28.5 Å². The van der Waals surface area contributed by atoms with Crippen LogP contribution in [0.15, 0.2) is 40.3 Å². The number of benzene rings is 1. The fourth-order valence-corrected chi connectivity index (χ4v) is 4.57. The molecule has 4 atom stereocenters. The highest BCUT2D eigenvalue weighted by Crippen LogP contribution is 2.35. The summed E-state index contributed by atoms with van der Waals surface area (Å²) in [6, 6.07) is 8.09. The zero-order valence-electron chi connectivity index (χ0n) is 20.2. The average molecular weight is 518 g/mol. The molecule has 0 saturated carbocycles. The van der Waals surface area contributed by atoms with Crippen molar-refractivity contribution in [2.45, 2.75) is 50.2 Å². The van der Waals surface area contributed by atoms with Crippen LogP contribution in [0.5, 0.6) is 0 Å². The Labute approximate surface area is 210 Å². The molecular formula is C23H27N5O7S. The number of anilines is 1. The van der Waals surface area contributed by atoms with E-state index in [1.54, 1.807) is 16.3 Å². The highest BCUT2D eigenvalue weighted by atomic mass is 32.2. The minimum atomic E-state index is -0.861. The van der Waals surface area contributed by atoms with Gasteiger partial charge in [-0.2, -0.15) is 4.98 Å². The average Bonchev–Trinajstić information content (AvgIpc) is 3.40. The molecule has 1 fully saturated rings. The number of fused-ring (bicyclic) bond motifs is 1. The van der Waals surface area contributed by atoms with Gasteiger partial charge in [-0.1, -0.05) is 17.7 Å². The van der Waals surface area contributed by atoms with E-state index in [4.69, 9.17) is 18.9 Å². The van der Waals surface area contributed by atoms with Gasteiger partial charge in [0.1, 0.15) is 18.8 Å². The highest BCUT2D eigenvalue weighted by molar-refractivity contribution is 7.99. The fraction of sp³-hybridized carbons (Fsp3) is 0.435. The molecule has 3 aromatic rings. The second kappa shape index (κ2) is 11.1. The number of methoxy groups -OCH3 is 1. The number of esters is 2. The molecule has 36 heavy (non-hydrogen) atoms. The first-order chi connectivity index (χ1) is 17.3. The van der Waals surface area contributed by atoms with Gasteiger partial charge in [0.15, 0.2) is 23.5 Å². The Morgan fingerprint density at radius 3 is 2.61 bits per heavy atom. The lowest BCUT2D eigenvalue weighted by atomic mass is 10.1. The number of hydrogen-bond acceptors (Lipinski definition) is 11. The van der Waals surface area contributed by atoms with Crippen molar-refractivity contribution in [2.24, 2.45) is 0 Å². The van der Waals surface area contributed by atoms with E-state index in [1.165, 1.54) is 32.8 Å². The van der Waals surface area contributed by atoms with Gasteiger partial charge in [0, 0.05) is 25.9 Å². The van der Waals surface area contributed by atoms with Crippen LogP contribution in [0, 0.1) is 6.92 Å². The number of aryl methyl sites for hydroxylation is 1. The molecule has 12 nitrogen and oxygen atoms in total. The number of carbonyl (C=O) groups excluding carboxylic acids is 2. The predicted octanol–water partition coefficient (Wildman–Crippen LogP) is 2.00. The topological polar surface area (TPSA) is 147 Å². The monoisotopic (exact) mass is 517 g/mol. The molecule has 1 aliphatic rings. The summed E-state index contributed by atoms with van der Waals surface area (Å²) < 4.78 is 23.7. The van der Waals surface area contributed by atoms with E-state index < -0.39 is 42.0 Å². The van der Waals surface area contributed by atoms with E-state index in [2.05, 4.69) is 20.3 Å². The standard InChI is InChI=1S/C23H27N5O7S/c1-12-5-7-15(8-6-12)36-11-25-23-26-20-17(21(31)27-23)24-10-28(20)22-19(32-4)18(34-14(3)30)16(35-22)9-33-13(2)29/h5-8,10,16,18-19,22H,9,11H2,1-4H3,(H2,25,26,27,31)/t16-,18?,19?,22-/m1/s1. The third-order valence-electron chi connectivity index (χ3n) is 5.52. The Balaban J connectivity index is 1.58. The number of imidazole rings is 1. The molecule has 2 N–H and O–H groups in total. The maximum absolute atomic E-state index is 12.7. The van der Waals surface area contributed by atoms with E-state index in [1.807, 2.05) is 31.2 Å². The summed E-state index contributed by atoms with van der Waals surface area (Å²) in [5.74, 6) is -0.320. The van der Waals surface area contributed by atoms with Crippen LogP contribution in [0.2, 0.25) is 0 Å². The van der Waals surface area contributed by atoms with Crippen LogP contribution in [0.25, 0.3) is 11.2 Å². The number of carbonyl (C=O) groups is 2. The summed E-state index contributed by atoms with van der Waals surface area (Å²) in [5, 5.41) is 3.11. The van der Waals surface area contributed by atoms with Gasteiger partial charge >= 0.3 is 11.9 Å². The second-order valence-corrected chi connectivity index (χ2v) is 9.21. The van der Waals surface area contributed by atoms with Crippen molar-refractivity contribution in [3.05, 3.63) is 46.5 Å². The second-order valence-electron chi connectivity index (χ2n) is 8.16. The van der Waals surface area contributed by atoms with Crippen molar-refractivity contribution >= 4 is 40.8 Å². The van der Waals surface area contributed by atoms with Gasteiger partial charge in [-0.15, -0.1) is 11.8 Å². The first-order valence-corrected chi connectivity index (χ1v) is 12.1. The van der Waals surface area contributed by atoms with Crippen molar-refractivity contribution in [1.82, 2.24) is 19.5 Å². The first-order valence-electron chi connectivity index (χ1n) is 11.2. The lowest BCUT2D eigenvalue weighted by molar-refractivity contribution is -0.157. The number of aromatic nitrogens is 4. The van der Waals surface area contributed by atoms with Gasteiger partial charge in [-0.3, -0.25) is 23.9 Å². The molecule has 0 radical (unpaired) electrons. The van der Waals surface area contributed by atoms with Gasteiger partial charge < -0.3 is 24.3 Å². The maximum Gasteiger partial charge on any atom is 0.303 e. The van der Waals surface area contributed by atoms with Crippen LogP contribution in [0.1, 0.15) is 25.6 Å². The lowest BCUT2D eigenvalue weighted by Crippen LogP contribution is -2.39. The Bertz CT molecular complexity index is 1290. The molecule has 4 rings (SSSR count). The van der Waals surface area contributed by atoms with E-state index in [9.17, 15) is 14.4 Å². The molecule has 3 heterocycles. The number of nitrogens with zero attached hydrogens (tertiary/aromatic N) is 3. The molecule has 1 aliphatic heterocycles. The molecule has 0 bridgehead atoms. The molecule has 2 unspecified atom stereocenters. The van der Waals surface area contributed by atoms with Crippen LogP contribution >= 0.6 is 11.8 Å². The smallest absolute Gasteiger partial charge is 0.303 e. The van der Waals surface area contributed by atoms with Crippen molar-refractivity contribution in [1.29, 1.82) is 0 Å². The SMILES string of the molecule is COC1C(OC(C)=O)[C@@H](COC(C)=O)O[C@H]1n1cnc2c(=O)[nH]c(NCSc3ccc(C)cc3)nc21. The van der Waals surface area contributed by atoms with E-state index in [0.717, 1.165) is 4.90 Å². The molecule has 2 aromatic heterocycles. The fourth-order valence-electron chi connectivity index (χ4n) is 3.87. The summed E-state index contributed by atoms with van der Waals surface area (Å²) in [5.41, 5.74) is 1.11. The van der Waals surface area contributed by atoms with Crippen LogP contribution < -0.4 is 10.9 Å². The number of H-pyrrole nitrogens is 1. The molecule has 1 saturated heterocycles. The van der Waals surface area contributed by atoms with Gasteiger partial charge in [-0.05, 0) is 19.1 Å². The van der Waals surface area contributed by atoms with Gasteiger partial charge in [0.05, 0.1) is 12.2 Å². The number of nitrogens with one attached hydrogen (secondary N) is 2. The molecule has 0 aliphatic carbocycles. The van der Waals surface area contributed by atoms with E-state index in [0.29, 0.717) is 5.88 Å². The Morgan fingerprint density at radius 1 is 1.19 bits per heavy atom. The van der Waals surface area contributed by atoms with Crippen molar-refractivity contribution in [2.75, 3.05) is 24.9 Å². The summed E-state index contributed by atoms with van der Waals surface area (Å²) >= 11 is 1.55. The largest absolute Gasteiger partial charge is 0.463 e. The number of hydrogen-bond donors (Lipinski definition) is 2. The highest BCUT2D eigenvalue weighted by Gasteiger charge is 2.49. The summed E-state index contributed by atoms with van der Waals surface area (Å²) in [6.45, 7) is 4.41. The first kappa shape index (κ1) is 25.7. The van der Waals surface area contributed by atoms with E-state index in [-0.39, 0.29) is 23.7 Å². The van der Waals surface area contributed by atoms with Crippen LogP contribution in [-0.4, -0.2) is 69.4 Å². The van der Waals surface area contributed by atoms with Crippen LogP contribution in [0.4, 0.5) is 5.95 Å². The summed E-state index contributed by atoms with van der Waals surface area (Å²) in [6.07, 6.45) is -1.88. The van der Waals surface area contributed by atoms with Gasteiger partial charge in [0.2, 0.25) is 5.95 Å². The molecular weight excluding hydrogens is 490 g/mol. The normalized spacial score (nSPS) is 21.4. The van der Waals surface area contributed by atoms with Gasteiger partial charge in [-0.25, -0.2) is 4.98 Å². The zero-order valence-corrected chi connectivity index (χ0v) is 21.0. The number of rotatable bonds is 9. The summed E-state index contributed by atoms with van der Waals surface area (Å²) in [7, 11) is 1.44. The molecule has 192 valence electrons. The Hall–Kier alpha value is -3.42. The zero-order chi connectivity index (χ0) is 25.8. The minimum Gasteiger partial charge on any atom is -0.463 e. The van der Waals surface area contributed by atoms with Gasteiger partial charge in [0.25, 0.3) is 5.56 Å². The van der Waals surface area contributed by atoms with Crippen LogP contribution in [0.3, 0.4) is 0 Å². The molecule has 0 spiro atoms. The summed E-state index contributed by atoms with van der Waals surface area (Å²) in [4.78, 5) is 48.2.